The van der Waals surface area contributed by atoms with Crippen LogP contribution in [-0.2, 0) is 14.3 Å². The molecule has 0 unspecified atom stereocenters. The Kier molecular flexibility index (Phi) is 6.65. The third kappa shape index (κ3) is 5.10. The molecular formula is C18H21ClN2O4. The molecule has 1 aromatic carbocycles. The van der Waals surface area contributed by atoms with Crippen LogP contribution in [0.3, 0.4) is 0 Å². The molecule has 0 N–H and O–H groups in total. The molecule has 0 aromatic heterocycles. The fourth-order valence-corrected chi connectivity index (χ4v) is 2.98. The first-order chi connectivity index (χ1) is 12.0. The highest BCUT2D eigenvalue weighted by molar-refractivity contribution is 6.30. The van der Waals surface area contributed by atoms with Crippen LogP contribution in [0.2, 0.25) is 5.02 Å². The molecule has 1 aliphatic carbocycles. The summed E-state index contributed by atoms with van der Waals surface area (Å²) in [5.41, 5.74) is -0.790. The SMILES string of the molecule is CN(C(=O)COC(=O)COc1ccc(Cl)cc1)C1(C#N)CCCCC1. The monoisotopic (exact) mass is 364 g/mol. The van der Waals surface area contributed by atoms with Crippen LogP contribution in [0.25, 0.3) is 0 Å². The molecule has 6 nitrogen and oxygen atoms in total. The van der Waals surface area contributed by atoms with Crippen LogP contribution in [-0.4, -0.2) is 42.6 Å². The average Bonchev–Trinajstić information content (AvgIpc) is 2.65. The Hall–Kier alpha value is -2.26. The second kappa shape index (κ2) is 8.72. The van der Waals surface area contributed by atoms with Crippen LogP contribution in [0.5, 0.6) is 5.75 Å². The summed E-state index contributed by atoms with van der Waals surface area (Å²) < 4.78 is 10.2. The molecular weight excluding hydrogens is 344 g/mol. The maximum atomic E-state index is 12.3. The van der Waals surface area contributed by atoms with Crippen molar-refractivity contribution < 1.29 is 19.1 Å². The Bertz CT molecular complexity index is 648. The molecule has 2 rings (SSSR count). The number of nitrogens with zero attached hydrogens (tertiary/aromatic N) is 2. The largest absolute Gasteiger partial charge is 0.482 e. The summed E-state index contributed by atoms with van der Waals surface area (Å²) in [4.78, 5) is 25.4. The normalized spacial score (nSPS) is 15.7. The maximum Gasteiger partial charge on any atom is 0.344 e. The van der Waals surface area contributed by atoms with E-state index in [4.69, 9.17) is 21.1 Å². The number of hydrogen-bond acceptors (Lipinski definition) is 5. The summed E-state index contributed by atoms with van der Waals surface area (Å²) in [5.74, 6) is -0.551. The first-order valence-corrected chi connectivity index (χ1v) is 8.56. The van der Waals surface area contributed by atoms with Gasteiger partial charge in [-0.25, -0.2) is 4.79 Å². The van der Waals surface area contributed by atoms with E-state index in [0.717, 1.165) is 19.3 Å². The summed E-state index contributed by atoms with van der Waals surface area (Å²) in [5, 5.41) is 10.1. The van der Waals surface area contributed by atoms with Crippen molar-refractivity contribution in [3.63, 3.8) is 0 Å². The van der Waals surface area contributed by atoms with Crippen molar-refractivity contribution in [1.82, 2.24) is 4.90 Å². The number of hydrogen-bond donors (Lipinski definition) is 0. The highest BCUT2D eigenvalue weighted by Gasteiger charge is 2.38. The second-order valence-corrected chi connectivity index (χ2v) is 6.50. The van der Waals surface area contributed by atoms with E-state index in [1.165, 1.54) is 4.90 Å². The molecule has 1 aromatic rings. The van der Waals surface area contributed by atoms with Gasteiger partial charge in [0.2, 0.25) is 0 Å². The van der Waals surface area contributed by atoms with Gasteiger partial charge in [0, 0.05) is 12.1 Å². The molecule has 25 heavy (non-hydrogen) atoms. The van der Waals surface area contributed by atoms with Crippen molar-refractivity contribution >= 4 is 23.5 Å². The lowest BCUT2D eigenvalue weighted by Gasteiger charge is -2.38. The van der Waals surface area contributed by atoms with Crippen LogP contribution < -0.4 is 4.74 Å². The molecule has 0 atom stereocenters. The van der Waals surface area contributed by atoms with Gasteiger partial charge in [-0.1, -0.05) is 30.9 Å². The van der Waals surface area contributed by atoms with Gasteiger partial charge in [-0.15, -0.1) is 0 Å². The van der Waals surface area contributed by atoms with Crippen LogP contribution in [0.1, 0.15) is 32.1 Å². The van der Waals surface area contributed by atoms with E-state index in [9.17, 15) is 14.9 Å². The number of rotatable bonds is 6. The molecule has 7 heteroatoms. The zero-order valence-corrected chi connectivity index (χ0v) is 14.9. The summed E-state index contributed by atoms with van der Waals surface area (Å²) in [6.07, 6.45) is 4.21. The van der Waals surface area contributed by atoms with Crippen molar-refractivity contribution in [3.05, 3.63) is 29.3 Å². The quantitative estimate of drug-likeness (QED) is 0.725. The summed E-state index contributed by atoms with van der Waals surface area (Å²) in [7, 11) is 1.59. The van der Waals surface area contributed by atoms with E-state index in [2.05, 4.69) is 6.07 Å². The second-order valence-electron chi connectivity index (χ2n) is 6.06. The summed E-state index contributed by atoms with van der Waals surface area (Å²) in [6.45, 7) is -0.704. The highest BCUT2D eigenvalue weighted by Crippen LogP contribution is 2.32. The van der Waals surface area contributed by atoms with Gasteiger partial charge in [-0.2, -0.15) is 5.26 Å². The maximum absolute atomic E-state index is 12.3. The Labute approximate surface area is 152 Å². The first-order valence-electron chi connectivity index (χ1n) is 8.19. The molecule has 0 heterocycles. The molecule has 0 saturated heterocycles. The number of amides is 1. The Morgan fingerprint density at radius 2 is 1.84 bits per heavy atom. The van der Waals surface area contributed by atoms with Gasteiger partial charge in [0.05, 0.1) is 6.07 Å². The van der Waals surface area contributed by atoms with E-state index in [0.29, 0.717) is 23.6 Å². The fraction of sp³-hybridized carbons (Fsp3) is 0.500. The van der Waals surface area contributed by atoms with E-state index >= 15 is 0 Å². The zero-order chi connectivity index (χ0) is 18.3. The molecule has 1 amide bonds. The minimum atomic E-state index is -0.790. The van der Waals surface area contributed by atoms with Crippen LogP contribution in [0.15, 0.2) is 24.3 Å². The molecule has 0 spiro atoms. The van der Waals surface area contributed by atoms with E-state index in [1.807, 2.05) is 0 Å². The minimum absolute atomic E-state index is 0.304. The average molecular weight is 365 g/mol. The zero-order valence-electron chi connectivity index (χ0n) is 14.2. The Morgan fingerprint density at radius 3 is 2.44 bits per heavy atom. The van der Waals surface area contributed by atoms with E-state index in [1.54, 1.807) is 31.3 Å². The lowest BCUT2D eigenvalue weighted by molar-refractivity contribution is -0.155. The molecule has 0 aliphatic heterocycles. The number of benzene rings is 1. The lowest BCUT2D eigenvalue weighted by Crippen LogP contribution is -2.51. The summed E-state index contributed by atoms with van der Waals surface area (Å²) >= 11 is 5.76. The number of nitriles is 1. The molecule has 134 valence electrons. The standard InChI is InChI=1S/C18H21ClN2O4/c1-21(18(13-20)9-3-2-4-10-18)16(22)11-25-17(23)12-24-15-7-5-14(19)6-8-15/h5-8H,2-4,9-12H2,1H3. The van der Waals surface area contributed by atoms with Gasteiger partial charge in [0.1, 0.15) is 11.3 Å². The number of carbonyl (C=O) groups is 2. The molecule has 1 aliphatic rings. The van der Waals surface area contributed by atoms with Crippen LogP contribution >= 0.6 is 11.6 Å². The predicted molar refractivity (Wildman–Crippen MR) is 92.1 cm³/mol. The third-order valence-corrected chi connectivity index (χ3v) is 4.68. The smallest absolute Gasteiger partial charge is 0.344 e. The van der Waals surface area contributed by atoms with Gasteiger partial charge in [0.15, 0.2) is 13.2 Å². The first kappa shape index (κ1) is 19.1. The number of likely N-dealkylation sites (N-methyl/N-ethyl adjacent to an activating group) is 1. The minimum Gasteiger partial charge on any atom is -0.482 e. The van der Waals surface area contributed by atoms with Gasteiger partial charge < -0.3 is 14.4 Å². The topological polar surface area (TPSA) is 79.6 Å². The number of halogens is 1. The van der Waals surface area contributed by atoms with Gasteiger partial charge in [-0.05, 0) is 37.1 Å². The highest BCUT2D eigenvalue weighted by atomic mass is 35.5. The van der Waals surface area contributed by atoms with Crippen LogP contribution in [0.4, 0.5) is 0 Å². The van der Waals surface area contributed by atoms with Crippen molar-refractivity contribution in [2.24, 2.45) is 0 Å². The fourth-order valence-electron chi connectivity index (χ4n) is 2.85. The molecule has 0 radical (unpaired) electrons. The van der Waals surface area contributed by atoms with E-state index in [-0.39, 0.29) is 12.5 Å². The number of ether oxygens (including phenoxy) is 2. The van der Waals surface area contributed by atoms with Gasteiger partial charge >= 0.3 is 5.97 Å². The van der Waals surface area contributed by atoms with Gasteiger partial charge in [0.25, 0.3) is 5.91 Å². The van der Waals surface area contributed by atoms with Crippen molar-refractivity contribution in [2.45, 2.75) is 37.6 Å². The lowest BCUT2D eigenvalue weighted by atomic mass is 9.81. The molecule has 0 bridgehead atoms. The van der Waals surface area contributed by atoms with Gasteiger partial charge in [-0.3, -0.25) is 4.79 Å². The van der Waals surface area contributed by atoms with Crippen molar-refractivity contribution in [3.8, 4) is 11.8 Å². The Balaban J connectivity index is 1.79. The predicted octanol–water partition coefficient (Wildman–Crippen LogP) is 2.95. The number of esters is 1. The Morgan fingerprint density at radius 1 is 1.20 bits per heavy atom. The van der Waals surface area contributed by atoms with Crippen LogP contribution in [0, 0.1) is 11.3 Å². The number of carbonyl (C=O) groups excluding carboxylic acids is 2. The summed E-state index contributed by atoms with van der Waals surface area (Å²) in [6, 6.07) is 8.82. The van der Waals surface area contributed by atoms with Crippen molar-refractivity contribution in [1.29, 1.82) is 5.26 Å². The van der Waals surface area contributed by atoms with E-state index < -0.39 is 18.1 Å². The van der Waals surface area contributed by atoms with Crippen molar-refractivity contribution in [2.75, 3.05) is 20.3 Å². The third-order valence-electron chi connectivity index (χ3n) is 4.43. The molecule has 1 fully saturated rings. The molecule has 1 saturated carbocycles.